The molecular formula is C8H9NO2. The van der Waals surface area contributed by atoms with E-state index in [-0.39, 0.29) is 5.75 Å². The Morgan fingerprint density at radius 1 is 1.64 bits per heavy atom. The van der Waals surface area contributed by atoms with E-state index in [1.165, 1.54) is 0 Å². The minimum absolute atomic E-state index is 0.194. The SMILES string of the molecule is Cc1ncc2c(c1O)OCC2. The Hall–Kier alpha value is -1.25. The van der Waals surface area contributed by atoms with Crippen LogP contribution in [0.15, 0.2) is 6.20 Å². The molecule has 1 aromatic heterocycles. The van der Waals surface area contributed by atoms with Crippen molar-refractivity contribution in [1.82, 2.24) is 4.98 Å². The van der Waals surface area contributed by atoms with Crippen LogP contribution in [-0.4, -0.2) is 16.7 Å². The molecule has 0 atom stereocenters. The van der Waals surface area contributed by atoms with Crippen LogP contribution >= 0.6 is 0 Å². The fourth-order valence-electron chi connectivity index (χ4n) is 1.21. The van der Waals surface area contributed by atoms with Gasteiger partial charge in [0.1, 0.15) is 0 Å². The number of rotatable bonds is 0. The van der Waals surface area contributed by atoms with Crippen LogP contribution in [0.5, 0.6) is 11.5 Å². The summed E-state index contributed by atoms with van der Waals surface area (Å²) in [6, 6.07) is 0. The second kappa shape index (κ2) is 2.12. The number of aromatic nitrogens is 1. The lowest BCUT2D eigenvalue weighted by Gasteiger charge is -2.02. The first kappa shape index (κ1) is 6.46. The van der Waals surface area contributed by atoms with Crippen molar-refractivity contribution in [2.24, 2.45) is 0 Å². The number of pyridine rings is 1. The molecule has 0 amide bonds. The van der Waals surface area contributed by atoms with Crippen LogP contribution in [0, 0.1) is 6.92 Å². The molecule has 1 N–H and O–H groups in total. The zero-order valence-electron chi connectivity index (χ0n) is 6.29. The largest absolute Gasteiger partial charge is 0.503 e. The first-order valence-corrected chi connectivity index (χ1v) is 3.59. The first-order valence-electron chi connectivity index (χ1n) is 3.59. The van der Waals surface area contributed by atoms with Gasteiger partial charge in [0.2, 0.25) is 0 Å². The summed E-state index contributed by atoms with van der Waals surface area (Å²) < 4.78 is 5.22. The normalized spacial score (nSPS) is 14.3. The Labute approximate surface area is 64.6 Å². The van der Waals surface area contributed by atoms with Crippen LogP contribution in [0.1, 0.15) is 11.3 Å². The fourth-order valence-corrected chi connectivity index (χ4v) is 1.21. The molecule has 3 nitrogen and oxygen atoms in total. The lowest BCUT2D eigenvalue weighted by Crippen LogP contribution is -1.87. The quantitative estimate of drug-likeness (QED) is 0.602. The van der Waals surface area contributed by atoms with E-state index in [0.29, 0.717) is 18.1 Å². The third-order valence-electron chi connectivity index (χ3n) is 1.88. The molecule has 1 aromatic rings. The summed E-state index contributed by atoms with van der Waals surface area (Å²) in [5, 5.41) is 9.43. The number of hydrogen-bond acceptors (Lipinski definition) is 3. The van der Waals surface area contributed by atoms with Crippen molar-refractivity contribution in [3.05, 3.63) is 17.5 Å². The molecule has 0 radical (unpaired) electrons. The smallest absolute Gasteiger partial charge is 0.179 e. The molecule has 58 valence electrons. The van der Waals surface area contributed by atoms with E-state index in [9.17, 15) is 5.11 Å². The molecule has 0 spiro atoms. The van der Waals surface area contributed by atoms with E-state index in [4.69, 9.17) is 4.74 Å². The molecule has 0 unspecified atom stereocenters. The molecule has 3 heteroatoms. The highest BCUT2D eigenvalue weighted by Gasteiger charge is 2.17. The molecule has 11 heavy (non-hydrogen) atoms. The molecule has 2 rings (SSSR count). The minimum Gasteiger partial charge on any atom is -0.503 e. The van der Waals surface area contributed by atoms with E-state index in [1.54, 1.807) is 13.1 Å². The Morgan fingerprint density at radius 2 is 2.45 bits per heavy atom. The summed E-state index contributed by atoms with van der Waals surface area (Å²) in [7, 11) is 0. The summed E-state index contributed by atoms with van der Waals surface area (Å²) >= 11 is 0. The number of fused-ring (bicyclic) bond motifs is 1. The summed E-state index contributed by atoms with van der Waals surface area (Å²) in [5.74, 6) is 0.817. The van der Waals surface area contributed by atoms with Gasteiger partial charge < -0.3 is 9.84 Å². The van der Waals surface area contributed by atoms with Gasteiger partial charge in [-0.05, 0) is 6.92 Å². The summed E-state index contributed by atoms with van der Waals surface area (Å²) in [6.07, 6.45) is 2.62. The van der Waals surface area contributed by atoms with Gasteiger partial charge in [-0.15, -0.1) is 0 Å². The standard InChI is InChI=1S/C8H9NO2/c1-5-7(10)8-6(4-9-5)2-3-11-8/h4,10H,2-3H2,1H3. The second-order valence-electron chi connectivity index (χ2n) is 2.65. The van der Waals surface area contributed by atoms with Gasteiger partial charge in [-0.3, -0.25) is 4.98 Å². The molecule has 0 aliphatic carbocycles. The van der Waals surface area contributed by atoms with Gasteiger partial charge in [0.25, 0.3) is 0 Å². The molecule has 0 aromatic carbocycles. The highest BCUT2D eigenvalue weighted by molar-refractivity contribution is 5.48. The Kier molecular flexibility index (Phi) is 1.24. The molecule has 0 saturated carbocycles. The maximum absolute atomic E-state index is 9.43. The van der Waals surface area contributed by atoms with E-state index in [0.717, 1.165) is 12.0 Å². The number of aromatic hydroxyl groups is 1. The van der Waals surface area contributed by atoms with Crippen molar-refractivity contribution in [1.29, 1.82) is 0 Å². The Balaban J connectivity index is 2.62. The zero-order valence-corrected chi connectivity index (χ0v) is 6.29. The fraction of sp³-hybridized carbons (Fsp3) is 0.375. The van der Waals surface area contributed by atoms with Gasteiger partial charge in [0.15, 0.2) is 11.5 Å². The number of nitrogens with zero attached hydrogens (tertiary/aromatic N) is 1. The average Bonchev–Trinajstić information content (AvgIpc) is 2.45. The molecule has 1 aliphatic rings. The van der Waals surface area contributed by atoms with Crippen LogP contribution in [0.4, 0.5) is 0 Å². The van der Waals surface area contributed by atoms with E-state index >= 15 is 0 Å². The Morgan fingerprint density at radius 3 is 3.27 bits per heavy atom. The van der Waals surface area contributed by atoms with Crippen molar-refractivity contribution in [2.45, 2.75) is 13.3 Å². The predicted molar refractivity (Wildman–Crippen MR) is 39.8 cm³/mol. The lowest BCUT2D eigenvalue weighted by molar-refractivity contribution is 0.333. The van der Waals surface area contributed by atoms with Gasteiger partial charge in [0.05, 0.1) is 12.3 Å². The maximum atomic E-state index is 9.43. The van der Waals surface area contributed by atoms with Crippen molar-refractivity contribution in [3.8, 4) is 11.5 Å². The van der Waals surface area contributed by atoms with Crippen LogP contribution in [0.2, 0.25) is 0 Å². The van der Waals surface area contributed by atoms with Gasteiger partial charge in [0, 0.05) is 18.2 Å². The molecule has 2 heterocycles. The Bertz CT molecular complexity index is 296. The maximum Gasteiger partial charge on any atom is 0.179 e. The summed E-state index contributed by atoms with van der Waals surface area (Å²) in [4.78, 5) is 4.02. The van der Waals surface area contributed by atoms with Crippen LogP contribution in [0.25, 0.3) is 0 Å². The molecule has 0 fully saturated rings. The minimum atomic E-state index is 0.194. The van der Waals surface area contributed by atoms with E-state index in [1.807, 2.05) is 0 Å². The third-order valence-corrected chi connectivity index (χ3v) is 1.88. The van der Waals surface area contributed by atoms with E-state index in [2.05, 4.69) is 4.98 Å². The number of aryl methyl sites for hydroxylation is 1. The molecule has 1 aliphatic heterocycles. The van der Waals surface area contributed by atoms with Crippen LogP contribution < -0.4 is 4.74 Å². The average molecular weight is 151 g/mol. The van der Waals surface area contributed by atoms with Gasteiger partial charge in [-0.2, -0.15) is 0 Å². The van der Waals surface area contributed by atoms with Gasteiger partial charge >= 0.3 is 0 Å². The monoisotopic (exact) mass is 151 g/mol. The van der Waals surface area contributed by atoms with Crippen LogP contribution in [-0.2, 0) is 6.42 Å². The van der Waals surface area contributed by atoms with Crippen molar-refractivity contribution in [3.63, 3.8) is 0 Å². The van der Waals surface area contributed by atoms with Crippen molar-refractivity contribution < 1.29 is 9.84 Å². The lowest BCUT2D eigenvalue weighted by atomic mass is 10.2. The summed E-state index contributed by atoms with van der Waals surface area (Å²) in [5.41, 5.74) is 1.64. The van der Waals surface area contributed by atoms with Crippen molar-refractivity contribution in [2.75, 3.05) is 6.61 Å². The summed E-state index contributed by atoms with van der Waals surface area (Å²) in [6.45, 7) is 2.42. The second-order valence-corrected chi connectivity index (χ2v) is 2.65. The third kappa shape index (κ3) is 0.843. The topological polar surface area (TPSA) is 42.4 Å². The predicted octanol–water partition coefficient (Wildman–Crippen LogP) is 1.03. The van der Waals surface area contributed by atoms with Gasteiger partial charge in [-0.1, -0.05) is 0 Å². The number of hydrogen-bond donors (Lipinski definition) is 1. The highest BCUT2D eigenvalue weighted by Crippen LogP contribution is 2.35. The molecule has 0 bridgehead atoms. The highest BCUT2D eigenvalue weighted by atomic mass is 16.5. The van der Waals surface area contributed by atoms with Crippen LogP contribution in [0.3, 0.4) is 0 Å². The van der Waals surface area contributed by atoms with E-state index < -0.39 is 0 Å². The molecular weight excluding hydrogens is 142 g/mol. The van der Waals surface area contributed by atoms with Gasteiger partial charge in [-0.25, -0.2) is 0 Å². The zero-order chi connectivity index (χ0) is 7.84. The molecule has 0 saturated heterocycles. The first-order chi connectivity index (χ1) is 5.29. The number of ether oxygens (including phenoxy) is 1. The van der Waals surface area contributed by atoms with Crippen molar-refractivity contribution >= 4 is 0 Å².